The molecule has 0 spiro atoms. The molecule has 2 unspecified atom stereocenters. The Balaban J connectivity index is 1.90. The fraction of sp³-hybridized carbons (Fsp3) is 1.00. The lowest BCUT2D eigenvalue weighted by Crippen LogP contribution is -2.50. The van der Waals surface area contributed by atoms with Crippen LogP contribution in [0, 0.1) is 11.8 Å². The second-order valence-corrected chi connectivity index (χ2v) is 6.54. The highest BCUT2D eigenvalue weighted by atomic mass is 31.1. The second-order valence-electron chi connectivity index (χ2n) is 4.18. The fourth-order valence-electron chi connectivity index (χ4n) is 3.01. The summed E-state index contributed by atoms with van der Waals surface area (Å²) in [4.78, 5) is 2.72. The van der Waals surface area contributed by atoms with E-state index in [-0.39, 0.29) is 0 Å². The Hall–Kier alpha value is 0.390. The fourth-order valence-corrected chi connectivity index (χ4v) is 6.17. The van der Waals surface area contributed by atoms with Gasteiger partial charge in [0.15, 0.2) is 0 Å². The summed E-state index contributed by atoms with van der Waals surface area (Å²) in [5, 5.41) is 0. The Morgan fingerprint density at radius 3 is 2.30 bits per heavy atom. The Bertz CT molecular complexity index is 101. The van der Waals surface area contributed by atoms with Crippen molar-refractivity contribution in [3.63, 3.8) is 0 Å². The Labute approximate surface area is 63.5 Å². The molecule has 4 heterocycles. The minimum Gasteiger partial charge on any atom is -0.299 e. The van der Waals surface area contributed by atoms with Gasteiger partial charge in [0, 0.05) is 19.4 Å². The maximum Gasteiger partial charge on any atom is 0.0184 e. The summed E-state index contributed by atoms with van der Waals surface area (Å²) < 4.78 is 0. The normalized spacial score (nSPS) is 57.6. The summed E-state index contributed by atoms with van der Waals surface area (Å²) in [6.07, 6.45) is 6.34. The molecule has 56 valence electrons. The molecule has 4 aliphatic heterocycles. The number of nitrogens with zero attached hydrogens (tertiary/aromatic N) is 1. The first kappa shape index (κ1) is 5.97. The molecular formula is C8H14NP. The Morgan fingerprint density at radius 2 is 1.80 bits per heavy atom. The molecule has 4 rings (SSSR count). The van der Waals surface area contributed by atoms with Gasteiger partial charge in [-0.15, -0.1) is 0 Å². The van der Waals surface area contributed by atoms with E-state index in [4.69, 9.17) is 0 Å². The van der Waals surface area contributed by atoms with Gasteiger partial charge in [0.25, 0.3) is 0 Å². The molecule has 4 aliphatic rings. The molecule has 0 aliphatic carbocycles. The minimum atomic E-state index is 0.514. The second kappa shape index (κ2) is 1.95. The molecular weight excluding hydrogens is 141 g/mol. The molecule has 2 heteroatoms. The van der Waals surface area contributed by atoms with E-state index >= 15 is 0 Å². The monoisotopic (exact) mass is 155 g/mol. The van der Waals surface area contributed by atoms with Crippen LogP contribution in [0.1, 0.15) is 6.42 Å². The number of rotatable bonds is 0. The first-order chi connectivity index (χ1) is 4.90. The number of hydrogen-bond donors (Lipinski definition) is 0. The zero-order valence-corrected chi connectivity index (χ0v) is 7.19. The molecule has 4 fully saturated rings. The van der Waals surface area contributed by atoms with Gasteiger partial charge < -0.3 is 0 Å². The van der Waals surface area contributed by atoms with Gasteiger partial charge in [-0.3, -0.25) is 4.90 Å². The molecule has 10 heavy (non-hydrogen) atoms. The van der Waals surface area contributed by atoms with E-state index in [0.717, 1.165) is 11.8 Å². The average molecular weight is 155 g/mol. The third kappa shape index (κ3) is 0.770. The van der Waals surface area contributed by atoms with Crippen LogP contribution in [0.15, 0.2) is 0 Å². The standard InChI is InChI=1S/C8H14NP/c1-7-2-9-3-8(1)5-10(4-7)6-9/h7-8H,1-6H2. The van der Waals surface area contributed by atoms with Crippen molar-refractivity contribution in [2.45, 2.75) is 6.42 Å². The summed E-state index contributed by atoms with van der Waals surface area (Å²) in [5.41, 5.74) is 0. The Kier molecular flexibility index (Phi) is 1.17. The predicted octanol–water partition coefficient (Wildman–Crippen LogP) is 1.39. The highest BCUT2D eigenvalue weighted by Gasteiger charge is 2.40. The molecule has 2 atom stereocenters. The molecule has 0 radical (unpaired) electrons. The van der Waals surface area contributed by atoms with Crippen molar-refractivity contribution in [1.29, 1.82) is 0 Å². The van der Waals surface area contributed by atoms with Gasteiger partial charge in [0.1, 0.15) is 0 Å². The smallest absolute Gasteiger partial charge is 0.0184 e. The summed E-state index contributed by atoms with van der Waals surface area (Å²) >= 11 is 0. The Morgan fingerprint density at radius 1 is 1.10 bits per heavy atom. The van der Waals surface area contributed by atoms with Gasteiger partial charge in [-0.25, -0.2) is 0 Å². The highest BCUT2D eigenvalue weighted by molar-refractivity contribution is 7.57. The molecule has 4 saturated heterocycles. The van der Waals surface area contributed by atoms with Crippen LogP contribution in [0.3, 0.4) is 0 Å². The average Bonchev–Trinajstić information content (AvgIpc) is 1.82. The summed E-state index contributed by atoms with van der Waals surface area (Å²) in [6.45, 7) is 2.91. The van der Waals surface area contributed by atoms with E-state index in [9.17, 15) is 0 Å². The summed E-state index contributed by atoms with van der Waals surface area (Å²) in [5.74, 6) is 2.26. The van der Waals surface area contributed by atoms with Crippen LogP contribution in [-0.2, 0) is 0 Å². The topological polar surface area (TPSA) is 3.24 Å². The molecule has 4 bridgehead atoms. The summed E-state index contributed by atoms with van der Waals surface area (Å²) in [6, 6.07) is 0. The van der Waals surface area contributed by atoms with Crippen molar-refractivity contribution >= 4 is 7.92 Å². The summed E-state index contributed by atoms with van der Waals surface area (Å²) in [7, 11) is 0.514. The zero-order chi connectivity index (χ0) is 6.55. The molecule has 0 saturated carbocycles. The highest BCUT2D eigenvalue weighted by Crippen LogP contribution is 2.53. The van der Waals surface area contributed by atoms with E-state index in [1.165, 1.54) is 19.4 Å². The van der Waals surface area contributed by atoms with Crippen LogP contribution in [0.4, 0.5) is 0 Å². The lowest BCUT2D eigenvalue weighted by atomic mass is 9.91. The van der Waals surface area contributed by atoms with Gasteiger partial charge in [0.05, 0.1) is 0 Å². The van der Waals surface area contributed by atoms with E-state index in [2.05, 4.69) is 4.90 Å². The number of hydrogen-bond acceptors (Lipinski definition) is 1. The molecule has 0 aromatic carbocycles. The van der Waals surface area contributed by atoms with Gasteiger partial charge in [-0.1, -0.05) is 7.92 Å². The van der Waals surface area contributed by atoms with Gasteiger partial charge >= 0.3 is 0 Å². The SMILES string of the molecule is C1C2CN3CC1CP(C2)C3. The molecule has 0 amide bonds. The molecule has 1 nitrogen and oxygen atoms in total. The van der Waals surface area contributed by atoms with E-state index in [1.54, 1.807) is 18.7 Å². The molecule has 0 aromatic heterocycles. The largest absolute Gasteiger partial charge is 0.299 e. The molecule has 0 N–H and O–H groups in total. The predicted molar refractivity (Wildman–Crippen MR) is 44.7 cm³/mol. The van der Waals surface area contributed by atoms with Crippen LogP contribution in [0.2, 0.25) is 0 Å². The van der Waals surface area contributed by atoms with Crippen molar-refractivity contribution < 1.29 is 0 Å². The van der Waals surface area contributed by atoms with Crippen LogP contribution in [0.5, 0.6) is 0 Å². The maximum absolute atomic E-state index is 2.72. The van der Waals surface area contributed by atoms with E-state index in [0.29, 0.717) is 7.92 Å². The van der Waals surface area contributed by atoms with Crippen molar-refractivity contribution in [2.24, 2.45) is 11.8 Å². The number of piperidine rings is 1. The third-order valence-corrected chi connectivity index (χ3v) is 6.00. The van der Waals surface area contributed by atoms with Crippen LogP contribution < -0.4 is 0 Å². The van der Waals surface area contributed by atoms with Gasteiger partial charge in [-0.2, -0.15) is 0 Å². The quantitative estimate of drug-likeness (QED) is 0.478. The first-order valence-corrected chi connectivity index (χ1v) is 6.24. The zero-order valence-electron chi connectivity index (χ0n) is 6.29. The van der Waals surface area contributed by atoms with Gasteiger partial charge in [0.2, 0.25) is 0 Å². The molecule has 0 aromatic rings. The van der Waals surface area contributed by atoms with Gasteiger partial charge in [-0.05, 0) is 30.6 Å². The van der Waals surface area contributed by atoms with Crippen LogP contribution >= 0.6 is 7.92 Å². The third-order valence-electron chi connectivity index (χ3n) is 3.13. The van der Waals surface area contributed by atoms with E-state index < -0.39 is 0 Å². The van der Waals surface area contributed by atoms with Crippen molar-refractivity contribution in [2.75, 3.05) is 31.7 Å². The maximum atomic E-state index is 2.72. The minimum absolute atomic E-state index is 0.514. The lowest BCUT2D eigenvalue weighted by Gasteiger charge is -2.51. The van der Waals surface area contributed by atoms with Crippen molar-refractivity contribution in [1.82, 2.24) is 4.90 Å². The lowest BCUT2D eigenvalue weighted by molar-refractivity contribution is 0.140. The van der Waals surface area contributed by atoms with Crippen LogP contribution in [0.25, 0.3) is 0 Å². The van der Waals surface area contributed by atoms with E-state index in [1.807, 2.05) is 0 Å². The van der Waals surface area contributed by atoms with Crippen molar-refractivity contribution in [3.8, 4) is 0 Å². The van der Waals surface area contributed by atoms with Crippen LogP contribution in [-0.4, -0.2) is 36.6 Å². The van der Waals surface area contributed by atoms with Crippen molar-refractivity contribution in [3.05, 3.63) is 0 Å². The first-order valence-electron chi connectivity index (χ1n) is 4.35.